The molecule has 0 aliphatic carbocycles. The Kier molecular flexibility index (Phi) is 8.57. The highest BCUT2D eigenvalue weighted by Crippen LogP contribution is 2.25. The number of aromatic amines is 1. The zero-order valence-corrected chi connectivity index (χ0v) is 23.2. The summed E-state index contributed by atoms with van der Waals surface area (Å²) < 4.78 is 19.5. The third-order valence-electron chi connectivity index (χ3n) is 6.91. The summed E-state index contributed by atoms with van der Waals surface area (Å²) in [6.45, 7) is 4.77. The summed E-state index contributed by atoms with van der Waals surface area (Å²) in [5.41, 5.74) is 2.61. The van der Waals surface area contributed by atoms with Crippen LogP contribution in [0.5, 0.6) is 5.75 Å². The second-order valence-corrected chi connectivity index (χ2v) is 10.2. The summed E-state index contributed by atoms with van der Waals surface area (Å²) in [5.74, 6) is 1.64. The number of methoxy groups -OCH3 is 1. The molecule has 0 saturated carbocycles. The van der Waals surface area contributed by atoms with Gasteiger partial charge in [-0.05, 0) is 42.3 Å². The molecule has 1 aliphatic rings. The average molecular weight is 564 g/mol. The number of amides is 1. The number of imidazole rings is 1. The summed E-state index contributed by atoms with van der Waals surface area (Å²) in [4.78, 5) is 34.1. The molecule has 9 nitrogen and oxygen atoms in total. The maximum absolute atomic E-state index is 14.4. The van der Waals surface area contributed by atoms with Gasteiger partial charge in [-0.2, -0.15) is 0 Å². The van der Waals surface area contributed by atoms with Crippen LogP contribution in [-0.4, -0.2) is 63.5 Å². The fraction of sp³-hybridized carbons (Fsp3) is 0.310. The lowest BCUT2D eigenvalue weighted by Gasteiger charge is -2.42. The van der Waals surface area contributed by atoms with Gasteiger partial charge in [0.05, 0.1) is 7.11 Å². The van der Waals surface area contributed by atoms with Gasteiger partial charge >= 0.3 is 0 Å². The van der Waals surface area contributed by atoms with Crippen molar-refractivity contribution in [2.75, 3.05) is 31.6 Å². The minimum absolute atomic E-state index is 0.0668. The Bertz CT molecular complexity index is 1450. The van der Waals surface area contributed by atoms with Gasteiger partial charge in [-0.15, -0.1) is 0 Å². The topological polar surface area (TPSA) is 99.3 Å². The molecule has 11 heteroatoms. The first kappa shape index (κ1) is 27.5. The lowest BCUT2D eigenvalue weighted by Crippen LogP contribution is -2.54. The minimum atomic E-state index is -0.405. The molecular weight excluding hydrogens is 533 g/mol. The highest BCUT2D eigenvalue weighted by atomic mass is 35.5. The van der Waals surface area contributed by atoms with E-state index in [4.69, 9.17) is 21.3 Å². The van der Waals surface area contributed by atoms with Crippen LogP contribution < -0.4 is 15.0 Å². The van der Waals surface area contributed by atoms with Gasteiger partial charge in [-0.25, -0.2) is 19.3 Å². The molecule has 1 unspecified atom stereocenters. The number of aromatic nitrogens is 4. The van der Waals surface area contributed by atoms with Crippen LogP contribution >= 0.6 is 11.6 Å². The number of halogens is 2. The Balaban J connectivity index is 1.33. The summed E-state index contributed by atoms with van der Waals surface area (Å²) in [7, 11) is 1.45. The number of hydrogen-bond acceptors (Lipinski definition) is 7. The van der Waals surface area contributed by atoms with E-state index in [2.05, 4.69) is 30.1 Å². The average Bonchev–Trinajstić information content (AvgIpc) is 3.49. The van der Waals surface area contributed by atoms with Gasteiger partial charge in [-0.3, -0.25) is 9.69 Å². The molecule has 3 heterocycles. The number of anilines is 1. The number of nitrogens with zero attached hydrogens (tertiary/aromatic N) is 5. The molecule has 0 spiro atoms. The van der Waals surface area contributed by atoms with E-state index < -0.39 is 5.82 Å². The summed E-state index contributed by atoms with van der Waals surface area (Å²) >= 11 is 5.98. The van der Waals surface area contributed by atoms with Crippen molar-refractivity contribution in [2.24, 2.45) is 0 Å². The van der Waals surface area contributed by atoms with Crippen molar-refractivity contribution < 1.29 is 13.9 Å². The van der Waals surface area contributed by atoms with E-state index in [0.29, 0.717) is 49.4 Å². The van der Waals surface area contributed by atoms with Crippen LogP contribution in [0.2, 0.25) is 5.02 Å². The summed E-state index contributed by atoms with van der Waals surface area (Å²) in [6, 6.07) is 14.2. The molecule has 2 N–H and O–H groups in total. The number of ether oxygens (including phenoxy) is 1. The van der Waals surface area contributed by atoms with E-state index in [0.717, 1.165) is 22.6 Å². The molecule has 5 rings (SSSR count). The number of rotatable bonds is 9. The zero-order valence-electron chi connectivity index (χ0n) is 22.4. The highest BCUT2D eigenvalue weighted by Gasteiger charge is 2.30. The van der Waals surface area contributed by atoms with Gasteiger partial charge in [0.15, 0.2) is 23.2 Å². The zero-order chi connectivity index (χ0) is 28.1. The minimum Gasteiger partial charge on any atom is -0.494 e. The molecule has 1 fully saturated rings. The molecule has 2 aromatic heterocycles. The van der Waals surface area contributed by atoms with Crippen LogP contribution in [0.1, 0.15) is 23.2 Å². The fourth-order valence-electron chi connectivity index (χ4n) is 4.84. The molecular formula is C29H31ClFN7O2. The first-order valence-electron chi connectivity index (χ1n) is 13.1. The number of nitrogens with one attached hydrogen (secondary N) is 2. The van der Waals surface area contributed by atoms with Crippen LogP contribution in [0.15, 0.2) is 60.9 Å². The van der Waals surface area contributed by atoms with Crippen molar-refractivity contribution in [1.82, 2.24) is 30.2 Å². The number of aryl methyl sites for hydroxylation is 1. The van der Waals surface area contributed by atoms with E-state index in [1.807, 2.05) is 31.2 Å². The maximum Gasteiger partial charge on any atom is 0.221 e. The smallest absolute Gasteiger partial charge is 0.221 e. The van der Waals surface area contributed by atoms with Gasteiger partial charge in [0.25, 0.3) is 0 Å². The van der Waals surface area contributed by atoms with Gasteiger partial charge in [-0.1, -0.05) is 29.8 Å². The number of piperazine rings is 1. The Labute approximate surface area is 237 Å². The number of carbonyl (C=O) groups excluding carboxylic acids is 1. The van der Waals surface area contributed by atoms with Crippen molar-refractivity contribution >= 4 is 23.3 Å². The highest BCUT2D eigenvalue weighted by molar-refractivity contribution is 6.30. The van der Waals surface area contributed by atoms with Crippen molar-refractivity contribution in [3.8, 4) is 17.4 Å². The molecule has 1 atom stereocenters. The normalized spacial score (nSPS) is 15.7. The fourth-order valence-corrected chi connectivity index (χ4v) is 4.97. The predicted octanol–water partition coefficient (Wildman–Crippen LogP) is 4.37. The number of benzene rings is 2. The van der Waals surface area contributed by atoms with E-state index in [9.17, 15) is 9.18 Å². The van der Waals surface area contributed by atoms with Crippen molar-refractivity contribution in [3.05, 3.63) is 88.6 Å². The van der Waals surface area contributed by atoms with Crippen molar-refractivity contribution in [1.29, 1.82) is 0 Å². The Hall–Kier alpha value is -4.02. The third kappa shape index (κ3) is 6.75. The molecule has 1 amide bonds. The van der Waals surface area contributed by atoms with Crippen LogP contribution in [0.4, 0.5) is 10.2 Å². The molecule has 40 heavy (non-hydrogen) atoms. The Morgan fingerprint density at radius 1 is 1.15 bits per heavy atom. The van der Waals surface area contributed by atoms with Crippen LogP contribution in [0.3, 0.4) is 0 Å². The van der Waals surface area contributed by atoms with Gasteiger partial charge in [0.1, 0.15) is 5.82 Å². The van der Waals surface area contributed by atoms with Crippen LogP contribution in [-0.2, 0) is 17.9 Å². The molecule has 2 aromatic carbocycles. The number of H-pyrrole nitrogens is 1. The third-order valence-corrected chi connectivity index (χ3v) is 7.16. The largest absolute Gasteiger partial charge is 0.494 e. The molecule has 0 radical (unpaired) electrons. The summed E-state index contributed by atoms with van der Waals surface area (Å²) in [6.07, 6.45) is 3.68. The maximum atomic E-state index is 14.4. The lowest BCUT2D eigenvalue weighted by molar-refractivity contribution is -0.122. The van der Waals surface area contributed by atoms with E-state index in [-0.39, 0.29) is 24.1 Å². The van der Waals surface area contributed by atoms with Gasteiger partial charge < -0.3 is 19.9 Å². The molecule has 1 saturated heterocycles. The monoisotopic (exact) mass is 563 g/mol. The van der Waals surface area contributed by atoms with Crippen LogP contribution in [0.25, 0.3) is 11.6 Å². The van der Waals surface area contributed by atoms with Crippen molar-refractivity contribution in [2.45, 2.75) is 32.5 Å². The standard InChI is InChI=1S/C29H31ClFN7O2/c1-19-13-26(36-29(35-19)28-32-9-10-33-28)38-12-11-37(17-21-5-8-25(40-2)24(31)14-21)23(18-38)15-27(39)34-16-20-3-6-22(30)7-4-20/h3-10,13-14,23H,11-12,15-18H2,1-2H3,(H,32,33)(H,34,39). The first-order chi connectivity index (χ1) is 19.4. The van der Waals surface area contributed by atoms with Gasteiger partial charge in [0, 0.05) is 74.4 Å². The van der Waals surface area contributed by atoms with E-state index in [1.54, 1.807) is 30.6 Å². The SMILES string of the molecule is COc1ccc(CN2CCN(c3cc(C)nc(-c4ncc[nH]4)n3)CC2CC(=O)NCc2ccc(Cl)cc2)cc1F. The van der Waals surface area contributed by atoms with Gasteiger partial charge in [0.2, 0.25) is 5.91 Å². The predicted molar refractivity (Wildman–Crippen MR) is 152 cm³/mol. The quantitative estimate of drug-likeness (QED) is 0.312. The number of carbonyl (C=O) groups is 1. The van der Waals surface area contributed by atoms with Crippen LogP contribution in [0, 0.1) is 12.7 Å². The Morgan fingerprint density at radius 3 is 2.67 bits per heavy atom. The molecule has 0 bridgehead atoms. The molecule has 4 aromatic rings. The first-order valence-corrected chi connectivity index (χ1v) is 13.4. The van der Waals surface area contributed by atoms with E-state index >= 15 is 0 Å². The lowest BCUT2D eigenvalue weighted by atomic mass is 10.1. The number of hydrogen-bond donors (Lipinski definition) is 2. The van der Waals surface area contributed by atoms with Crippen molar-refractivity contribution in [3.63, 3.8) is 0 Å². The van der Waals surface area contributed by atoms with E-state index in [1.165, 1.54) is 13.2 Å². The summed E-state index contributed by atoms with van der Waals surface area (Å²) in [5, 5.41) is 3.67. The Morgan fingerprint density at radius 2 is 1.95 bits per heavy atom. The second kappa shape index (κ2) is 12.4. The molecule has 208 valence electrons. The second-order valence-electron chi connectivity index (χ2n) is 9.78. The molecule has 1 aliphatic heterocycles.